The highest BCUT2D eigenvalue weighted by atomic mass is 15.2. The van der Waals surface area contributed by atoms with E-state index in [1.54, 1.807) is 0 Å². The van der Waals surface area contributed by atoms with Crippen molar-refractivity contribution in [1.82, 2.24) is 4.90 Å². The predicted octanol–water partition coefficient (Wildman–Crippen LogP) is 3.11. The first-order valence-electron chi connectivity index (χ1n) is 6.80. The number of piperidine rings is 1. The summed E-state index contributed by atoms with van der Waals surface area (Å²) in [5.41, 5.74) is 7.53. The molecule has 0 amide bonds. The minimum Gasteiger partial charge on any atom is -0.316 e. The molecule has 3 rings (SSSR count). The van der Waals surface area contributed by atoms with Gasteiger partial charge < -0.3 is 5.73 Å². The molecule has 1 atom stereocenters. The van der Waals surface area contributed by atoms with Gasteiger partial charge in [-0.1, -0.05) is 36.4 Å². The number of rotatable bonds is 2. The third-order valence-electron chi connectivity index (χ3n) is 3.86. The summed E-state index contributed by atoms with van der Waals surface area (Å²) in [6.07, 6.45) is 3.93. The van der Waals surface area contributed by atoms with E-state index in [0.29, 0.717) is 0 Å². The first kappa shape index (κ1) is 11.7. The van der Waals surface area contributed by atoms with Crippen LogP contribution in [0.15, 0.2) is 42.5 Å². The van der Waals surface area contributed by atoms with Crippen molar-refractivity contribution in [2.45, 2.75) is 32.0 Å². The van der Waals surface area contributed by atoms with Crippen LogP contribution in [0.5, 0.6) is 0 Å². The van der Waals surface area contributed by atoms with Gasteiger partial charge in [0.1, 0.15) is 0 Å². The standard InChI is InChI=1S/C16H20N2/c17-16-7-3-4-10-18(16)12-13-8-9-14-5-1-2-6-15(14)11-13/h1-2,5-6,8-9,11,16H,3-4,7,10,12,17H2. The molecule has 2 N–H and O–H groups in total. The molecule has 94 valence electrons. The van der Waals surface area contributed by atoms with Crippen LogP contribution >= 0.6 is 0 Å². The molecule has 1 heterocycles. The molecule has 0 aromatic heterocycles. The molecule has 2 heteroatoms. The molecular weight excluding hydrogens is 220 g/mol. The van der Waals surface area contributed by atoms with Crippen molar-refractivity contribution in [2.24, 2.45) is 5.73 Å². The smallest absolute Gasteiger partial charge is 0.0574 e. The highest BCUT2D eigenvalue weighted by molar-refractivity contribution is 5.82. The minimum absolute atomic E-state index is 0.241. The second-order valence-corrected chi connectivity index (χ2v) is 5.22. The lowest BCUT2D eigenvalue weighted by Gasteiger charge is -2.33. The molecule has 2 aromatic carbocycles. The SMILES string of the molecule is NC1CCCCN1Cc1ccc2ccccc2c1. The summed E-state index contributed by atoms with van der Waals surface area (Å²) < 4.78 is 0. The molecule has 1 unspecified atom stereocenters. The summed E-state index contributed by atoms with van der Waals surface area (Å²) in [5, 5.41) is 2.63. The Morgan fingerprint density at radius 3 is 2.72 bits per heavy atom. The van der Waals surface area contributed by atoms with Gasteiger partial charge >= 0.3 is 0 Å². The van der Waals surface area contributed by atoms with Gasteiger partial charge in [0.2, 0.25) is 0 Å². The van der Waals surface area contributed by atoms with Gasteiger partial charge in [0, 0.05) is 6.54 Å². The molecule has 2 aromatic rings. The van der Waals surface area contributed by atoms with E-state index in [9.17, 15) is 0 Å². The molecule has 1 fully saturated rings. The third kappa shape index (κ3) is 2.40. The van der Waals surface area contributed by atoms with Crippen LogP contribution in [0.1, 0.15) is 24.8 Å². The molecule has 0 saturated carbocycles. The van der Waals surface area contributed by atoms with Crippen molar-refractivity contribution in [2.75, 3.05) is 6.54 Å². The average Bonchev–Trinajstić information content (AvgIpc) is 2.41. The number of hydrogen-bond donors (Lipinski definition) is 1. The van der Waals surface area contributed by atoms with Crippen molar-refractivity contribution in [1.29, 1.82) is 0 Å². The second kappa shape index (κ2) is 5.09. The molecule has 1 aliphatic heterocycles. The third-order valence-corrected chi connectivity index (χ3v) is 3.86. The minimum atomic E-state index is 0.241. The molecule has 1 saturated heterocycles. The zero-order chi connectivity index (χ0) is 12.4. The van der Waals surface area contributed by atoms with E-state index in [4.69, 9.17) is 5.73 Å². The van der Waals surface area contributed by atoms with E-state index in [0.717, 1.165) is 19.5 Å². The number of hydrogen-bond acceptors (Lipinski definition) is 2. The average molecular weight is 240 g/mol. The van der Waals surface area contributed by atoms with Gasteiger partial charge in [-0.2, -0.15) is 0 Å². The van der Waals surface area contributed by atoms with Gasteiger partial charge in [-0.3, -0.25) is 4.90 Å². The van der Waals surface area contributed by atoms with Gasteiger partial charge in [0.15, 0.2) is 0 Å². The van der Waals surface area contributed by atoms with Crippen LogP contribution in [-0.2, 0) is 6.54 Å². The van der Waals surface area contributed by atoms with Crippen LogP contribution in [0.25, 0.3) is 10.8 Å². The lowest BCUT2D eigenvalue weighted by molar-refractivity contribution is 0.144. The first-order chi connectivity index (χ1) is 8.83. The summed E-state index contributed by atoms with van der Waals surface area (Å²) in [4.78, 5) is 2.40. The summed E-state index contributed by atoms with van der Waals surface area (Å²) in [7, 11) is 0. The molecule has 0 radical (unpaired) electrons. The van der Waals surface area contributed by atoms with Gasteiger partial charge in [-0.15, -0.1) is 0 Å². The van der Waals surface area contributed by atoms with Crippen molar-refractivity contribution in [3.8, 4) is 0 Å². The molecule has 2 nitrogen and oxygen atoms in total. The highest BCUT2D eigenvalue weighted by Crippen LogP contribution is 2.20. The van der Waals surface area contributed by atoms with Gasteiger partial charge in [0.25, 0.3) is 0 Å². The Bertz CT molecular complexity index is 535. The van der Waals surface area contributed by atoms with E-state index in [2.05, 4.69) is 47.4 Å². The summed E-state index contributed by atoms with van der Waals surface area (Å²) >= 11 is 0. The topological polar surface area (TPSA) is 29.3 Å². The number of nitrogens with two attached hydrogens (primary N) is 1. The number of benzene rings is 2. The predicted molar refractivity (Wildman–Crippen MR) is 76.2 cm³/mol. The van der Waals surface area contributed by atoms with Crippen LogP contribution in [0, 0.1) is 0 Å². The maximum atomic E-state index is 6.17. The van der Waals surface area contributed by atoms with Crippen molar-refractivity contribution in [3.05, 3.63) is 48.0 Å². The Balaban J connectivity index is 1.81. The maximum absolute atomic E-state index is 6.17. The first-order valence-corrected chi connectivity index (χ1v) is 6.80. The van der Waals surface area contributed by atoms with Crippen molar-refractivity contribution < 1.29 is 0 Å². The lowest BCUT2D eigenvalue weighted by atomic mass is 10.0. The lowest BCUT2D eigenvalue weighted by Crippen LogP contribution is -2.44. The Hall–Kier alpha value is -1.38. The fourth-order valence-electron chi connectivity index (χ4n) is 2.78. The molecule has 18 heavy (non-hydrogen) atoms. The fraction of sp³-hybridized carbons (Fsp3) is 0.375. The van der Waals surface area contributed by atoms with E-state index < -0.39 is 0 Å². The summed E-state index contributed by atoms with van der Waals surface area (Å²) in [6.45, 7) is 2.11. The van der Waals surface area contributed by atoms with Crippen LogP contribution < -0.4 is 5.73 Å². The number of fused-ring (bicyclic) bond motifs is 1. The van der Waals surface area contributed by atoms with E-state index >= 15 is 0 Å². The summed E-state index contributed by atoms with van der Waals surface area (Å²) in [5.74, 6) is 0. The van der Waals surface area contributed by atoms with Gasteiger partial charge in [0.05, 0.1) is 6.17 Å². The van der Waals surface area contributed by atoms with Gasteiger partial charge in [-0.25, -0.2) is 0 Å². The maximum Gasteiger partial charge on any atom is 0.0574 e. The van der Waals surface area contributed by atoms with Crippen LogP contribution in [-0.4, -0.2) is 17.6 Å². The Morgan fingerprint density at radius 2 is 1.89 bits per heavy atom. The highest BCUT2D eigenvalue weighted by Gasteiger charge is 2.18. The zero-order valence-corrected chi connectivity index (χ0v) is 10.7. The van der Waals surface area contributed by atoms with Crippen LogP contribution in [0.2, 0.25) is 0 Å². The normalized spacial score (nSPS) is 21.3. The molecule has 1 aliphatic rings. The fourth-order valence-corrected chi connectivity index (χ4v) is 2.78. The van der Waals surface area contributed by atoms with E-state index in [1.165, 1.54) is 29.2 Å². The largest absolute Gasteiger partial charge is 0.316 e. The van der Waals surface area contributed by atoms with Crippen molar-refractivity contribution >= 4 is 10.8 Å². The Morgan fingerprint density at radius 1 is 1.06 bits per heavy atom. The van der Waals surface area contributed by atoms with E-state index in [1.807, 2.05) is 0 Å². The molecular formula is C16H20N2. The summed E-state index contributed by atoms with van der Waals surface area (Å²) in [6, 6.07) is 15.2. The molecule has 0 bridgehead atoms. The van der Waals surface area contributed by atoms with Gasteiger partial charge in [-0.05, 0) is 48.2 Å². The molecule has 0 spiro atoms. The Kier molecular flexibility index (Phi) is 3.31. The quantitative estimate of drug-likeness (QED) is 0.874. The Labute approximate surface area is 108 Å². The monoisotopic (exact) mass is 240 g/mol. The van der Waals surface area contributed by atoms with Crippen LogP contribution in [0.4, 0.5) is 0 Å². The zero-order valence-electron chi connectivity index (χ0n) is 10.7. The van der Waals surface area contributed by atoms with Crippen molar-refractivity contribution in [3.63, 3.8) is 0 Å². The van der Waals surface area contributed by atoms with Crippen LogP contribution in [0.3, 0.4) is 0 Å². The second-order valence-electron chi connectivity index (χ2n) is 5.22. The number of nitrogens with zero attached hydrogens (tertiary/aromatic N) is 1. The van der Waals surface area contributed by atoms with E-state index in [-0.39, 0.29) is 6.17 Å². The number of likely N-dealkylation sites (tertiary alicyclic amines) is 1. The molecule has 0 aliphatic carbocycles.